The Labute approximate surface area is 167 Å². The Morgan fingerprint density at radius 3 is 2.31 bits per heavy atom. The van der Waals surface area contributed by atoms with E-state index in [9.17, 15) is 23.1 Å². The summed E-state index contributed by atoms with van der Waals surface area (Å²) in [7, 11) is 1.66. The summed E-state index contributed by atoms with van der Waals surface area (Å²) in [6.07, 6.45) is -1.74. The second kappa shape index (κ2) is 8.68. The predicted molar refractivity (Wildman–Crippen MR) is 109 cm³/mol. The molecule has 0 aliphatic rings. The van der Waals surface area contributed by atoms with Crippen LogP contribution >= 0.6 is 0 Å². The van der Waals surface area contributed by atoms with Crippen molar-refractivity contribution in [3.63, 3.8) is 0 Å². The van der Waals surface area contributed by atoms with E-state index in [0.717, 1.165) is 12.1 Å². The zero-order valence-electron chi connectivity index (χ0n) is 16.0. The molecule has 0 bridgehead atoms. The van der Waals surface area contributed by atoms with Gasteiger partial charge in [-0.15, -0.1) is 0 Å². The highest BCUT2D eigenvalue weighted by Gasteiger charge is 2.31. The van der Waals surface area contributed by atoms with Crippen LogP contribution in [0.15, 0.2) is 79.1 Å². The van der Waals surface area contributed by atoms with Crippen molar-refractivity contribution in [1.82, 2.24) is 0 Å². The summed E-state index contributed by atoms with van der Waals surface area (Å²) in [5.41, 5.74) is 1.45. The van der Waals surface area contributed by atoms with Crippen molar-refractivity contribution in [1.29, 1.82) is 0 Å². The van der Waals surface area contributed by atoms with Crippen molar-refractivity contribution < 1.29 is 23.1 Å². The van der Waals surface area contributed by atoms with E-state index in [1.54, 1.807) is 43.1 Å². The number of carbonyl (C=O) groups is 1. The van der Waals surface area contributed by atoms with Gasteiger partial charge in [0.05, 0.1) is 11.1 Å². The Hall–Kier alpha value is -3.48. The molecule has 0 saturated carbocycles. The van der Waals surface area contributed by atoms with Gasteiger partial charge in [0.1, 0.15) is 5.76 Å². The molecular weight excluding hydrogens is 381 g/mol. The summed E-state index contributed by atoms with van der Waals surface area (Å²) in [6.45, 7) is 8.54. The number of anilines is 3. The van der Waals surface area contributed by atoms with E-state index in [1.165, 1.54) is 18.2 Å². The van der Waals surface area contributed by atoms with E-state index < -0.39 is 23.4 Å². The molecule has 0 atom stereocenters. The van der Waals surface area contributed by atoms with Gasteiger partial charge < -0.3 is 15.3 Å². The maximum atomic E-state index is 13.0. The molecule has 2 aromatic carbocycles. The van der Waals surface area contributed by atoms with Crippen molar-refractivity contribution in [2.24, 2.45) is 0 Å². The maximum absolute atomic E-state index is 13.0. The minimum atomic E-state index is -4.43. The standard InChI is InChI=1S/C22H21F3N2O2/c1-5-6-19(15(3)28)21(29)26-17-9-11-18(12-10-17)27(4)20-13-16(22(23,24)25)8-7-14(20)2/h5-13,28H,1,3H2,2,4H3,(H,26,29)/b19-6+. The topological polar surface area (TPSA) is 52.6 Å². The molecule has 2 rings (SSSR count). The fourth-order valence-corrected chi connectivity index (χ4v) is 2.67. The molecule has 2 aromatic rings. The fourth-order valence-electron chi connectivity index (χ4n) is 2.67. The van der Waals surface area contributed by atoms with E-state index >= 15 is 0 Å². The highest BCUT2D eigenvalue weighted by molar-refractivity contribution is 6.06. The average molecular weight is 402 g/mol. The molecule has 1 amide bonds. The number of carbonyl (C=O) groups excluding carboxylic acids is 1. The Morgan fingerprint density at radius 2 is 1.79 bits per heavy atom. The predicted octanol–water partition coefficient (Wildman–Crippen LogP) is 5.90. The highest BCUT2D eigenvalue weighted by atomic mass is 19.4. The number of alkyl halides is 3. The number of nitrogens with zero attached hydrogens (tertiary/aromatic N) is 1. The number of nitrogens with one attached hydrogen (secondary N) is 1. The number of aryl methyl sites for hydroxylation is 1. The number of benzene rings is 2. The van der Waals surface area contributed by atoms with Crippen molar-refractivity contribution >= 4 is 23.0 Å². The summed E-state index contributed by atoms with van der Waals surface area (Å²) in [6, 6.07) is 10.1. The number of aliphatic hydroxyl groups excluding tert-OH is 1. The lowest BCUT2D eigenvalue weighted by Crippen LogP contribution is -2.16. The first-order valence-electron chi connectivity index (χ1n) is 8.58. The van der Waals surface area contributed by atoms with Crippen molar-refractivity contribution in [3.8, 4) is 0 Å². The second-order valence-corrected chi connectivity index (χ2v) is 6.32. The molecule has 0 aliphatic carbocycles. The number of hydrogen-bond donors (Lipinski definition) is 2. The molecular formula is C22H21F3N2O2. The number of aliphatic hydroxyl groups is 1. The van der Waals surface area contributed by atoms with Gasteiger partial charge in [-0.05, 0) is 55.0 Å². The number of allylic oxidation sites excluding steroid dienone is 2. The van der Waals surface area contributed by atoms with Crippen molar-refractivity contribution in [2.45, 2.75) is 13.1 Å². The van der Waals surface area contributed by atoms with Gasteiger partial charge in [-0.2, -0.15) is 13.2 Å². The molecule has 0 heterocycles. The van der Waals surface area contributed by atoms with Crippen LogP contribution in [0.4, 0.5) is 30.2 Å². The lowest BCUT2D eigenvalue weighted by molar-refractivity contribution is -0.137. The van der Waals surface area contributed by atoms with Crippen LogP contribution in [0.2, 0.25) is 0 Å². The third kappa shape index (κ3) is 5.28. The molecule has 0 unspecified atom stereocenters. The number of rotatable bonds is 6. The van der Waals surface area contributed by atoms with Gasteiger partial charge in [0.2, 0.25) is 0 Å². The molecule has 0 aromatic heterocycles. The lowest BCUT2D eigenvalue weighted by atomic mass is 10.1. The highest BCUT2D eigenvalue weighted by Crippen LogP contribution is 2.35. The van der Waals surface area contributed by atoms with Crippen LogP contribution in [-0.4, -0.2) is 18.1 Å². The van der Waals surface area contributed by atoms with Gasteiger partial charge in [0, 0.05) is 24.1 Å². The quantitative estimate of drug-likeness (QED) is 0.359. The number of hydrogen-bond acceptors (Lipinski definition) is 3. The summed E-state index contributed by atoms with van der Waals surface area (Å²) in [4.78, 5) is 13.8. The van der Waals surface area contributed by atoms with Crippen LogP contribution in [0, 0.1) is 6.92 Å². The van der Waals surface area contributed by atoms with Crippen LogP contribution < -0.4 is 10.2 Å². The largest absolute Gasteiger partial charge is 0.508 e. The van der Waals surface area contributed by atoms with Crippen LogP contribution in [0.3, 0.4) is 0 Å². The number of amides is 1. The Balaban J connectivity index is 2.24. The van der Waals surface area contributed by atoms with Gasteiger partial charge in [0.15, 0.2) is 0 Å². The molecule has 0 saturated heterocycles. The summed E-state index contributed by atoms with van der Waals surface area (Å²) in [5, 5.41) is 12.1. The van der Waals surface area contributed by atoms with E-state index in [4.69, 9.17) is 0 Å². The third-order valence-corrected chi connectivity index (χ3v) is 4.25. The molecule has 29 heavy (non-hydrogen) atoms. The normalized spacial score (nSPS) is 11.7. The zero-order valence-corrected chi connectivity index (χ0v) is 16.0. The van der Waals surface area contributed by atoms with E-state index in [0.29, 0.717) is 22.6 Å². The van der Waals surface area contributed by atoms with Crippen LogP contribution in [0.5, 0.6) is 0 Å². The molecule has 0 spiro atoms. The van der Waals surface area contributed by atoms with Crippen molar-refractivity contribution in [3.05, 3.63) is 90.2 Å². The Bertz CT molecular complexity index is 961. The van der Waals surface area contributed by atoms with E-state index in [2.05, 4.69) is 18.5 Å². The van der Waals surface area contributed by atoms with Gasteiger partial charge in [-0.25, -0.2) is 0 Å². The summed E-state index contributed by atoms with van der Waals surface area (Å²) < 4.78 is 39.1. The van der Waals surface area contributed by atoms with Gasteiger partial charge in [0.25, 0.3) is 5.91 Å². The van der Waals surface area contributed by atoms with Crippen LogP contribution in [-0.2, 0) is 11.0 Å². The molecule has 152 valence electrons. The van der Waals surface area contributed by atoms with Crippen molar-refractivity contribution in [2.75, 3.05) is 17.3 Å². The maximum Gasteiger partial charge on any atom is 0.416 e. The average Bonchev–Trinajstić information content (AvgIpc) is 2.65. The van der Waals surface area contributed by atoms with Crippen LogP contribution in [0.25, 0.3) is 0 Å². The SMILES string of the molecule is C=C/C=C(\C(=C)O)C(=O)Nc1ccc(N(C)c2cc(C(F)(F)F)ccc2C)cc1. The molecule has 0 fully saturated rings. The molecule has 7 heteroatoms. The fraction of sp³-hybridized carbons (Fsp3) is 0.136. The summed E-state index contributed by atoms with van der Waals surface area (Å²) in [5.74, 6) is -0.953. The van der Waals surface area contributed by atoms with Crippen LogP contribution in [0.1, 0.15) is 11.1 Å². The molecule has 0 aliphatic heterocycles. The van der Waals surface area contributed by atoms with E-state index in [1.807, 2.05) is 0 Å². The minimum absolute atomic E-state index is 0.0271. The molecule has 0 radical (unpaired) electrons. The Morgan fingerprint density at radius 1 is 1.17 bits per heavy atom. The lowest BCUT2D eigenvalue weighted by Gasteiger charge is -2.23. The van der Waals surface area contributed by atoms with E-state index in [-0.39, 0.29) is 5.57 Å². The first-order valence-corrected chi connectivity index (χ1v) is 8.58. The number of halogens is 3. The second-order valence-electron chi connectivity index (χ2n) is 6.32. The van der Waals surface area contributed by atoms with Gasteiger partial charge >= 0.3 is 6.18 Å². The Kier molecular flexibility index (Phi) is 6.53. The molecule has 2 N–H and O–H groups in total. The third-order valence-electron chi connectivity index (χ3n) is 4.25. The van der Waals surface area contributed by atoms with Gasteiger partial charge in [-0.1, -0.05) is 25.3 Å². The van der Waals surface area contributed by atoms with Gasteiger partial charge in [-0.3, -0.25) is 4.79 Å². The smallest absolute Gasteiger partial charge is 0.416 e. The molecule has 4 nitrogen and oxygen atoms in total. The first-order chi connectivity index (χ1) is 13.5. The minimum Gasteiger partial charge on any atom is -0.508 e. The zero-order chi connectivity index (χ0) is 21.8. The summed E-state index contributed by atoms with van der Waals surface area (Å²) >= 11 is 0. The first kappa shape index (κ1) is 21.8. The monoisotopic (exact) mass is 402 g/mol.